The molecule has 0 spiro atoms. The summed E-state index contributed by atoms with van der Waals surface area (Å²) >= 11 is 0. The molecule has 1 aliphatic heterocycles. The molecule has 23 heavy (non-hydrogen) atoms. The Hall–Kier alpha value is -2.19. The van der Waals surface area contributed by atoms with Gasteiger partial charge >= 0.3 is 0 Å². The summed E-state index contributed by atoms with van der Waals surface area (Å²) in [7, 11) is 1.61. The second-order valence-corrected chi connectivity index (χ2v) is 5.53. The first kappa shape index (κ1) is 17.2. The van der Waals surface area contributed by atoms with Gasteiger partial charge in [0.05, 0.1) is 13.7 Å². The Kier molecular flexibility index (Phi) is 6.76. The fourth-order valence-electron chi connectivity index (χ4n) is 2.62. The molecule has 0 N–H and O–H groups in total. The van der Waals surface area contributed by atoms with Crippen molar-refractivity contribution in [3.63, 3.8) is 0 Å². The van der Waals surface area contributed by atoms with E-state index in [9.17, 15) is 4.79 Å². The average molecular weight is 317 g/mol. The molecule has 1 aromatic carbocycles. The van der Waals surface area contributed by atoms with E-state index in [2.05, 4.69) is 5.92 Å². The Morgan fingerprint density at radius 2 is 2.09 bits per heavy atom. The van der Waals surface area contributed by atoms with Gasteiger partial charge in [0.15, 0.2) is 6.61 Å². The predicted molar refractivity (Wildman–Crippen MR) is 87.4 cm³/mol. The summed E-state index contributed by atoms with van der Waals surface area (Å²) in [5, 5.41) is 0. The lowest BCUT2D eigenvalue weighted by Crippen LogP contribution is -2.43. The Morgan fingerprint density at radius 1 is 1.35 bits per heavy atom. The molecule has 1 saturated heterocycles. The molecule has 1 aromatic rings. The first-order chi connectivity index (χ1) is 11.2. The normalized spacial score (nSPS) is 17.4. The molecule has 124 valence electrons. The van der Waals surface area contributed by atoms with Crippen LogP contribution >= 0.6 is 0 Å². The summed E-state index contributed by atoms with van der Waals surface area (Å²) in [6.45, 7) is 2.45. The lowest BCUT2D eigenvalue weighted by atomic mass is 9.99. The molecule has 1 heterocycles. The average Bonchev–Trinajstić information content (AvgIpc) is 2.60. The van der Waals surface area contributed by atoms with E-state index < -0.39 is 0 Å². The van der Waals surface area contributed by atoms with Gasteiger partial charge in [0.2, 0.25) is 0 Å². The fraction of sp³-hybridized carbons (Fsp3) is 0.500. The smallest absolute Gasteiger partial charge is 0.260 e. The lowest BCUT2D eigenvalue weighted by Gasteiger charge is -2.32. The van der Waals surface area contributed by atoms with E-state index in [1.54, 1.807) is 31.4 Å². The minimum atomic E-state index is 0.00229. The minimum Gasteiger partial charge on any atom is -0.497 e. The van der Waals surface area contributed by atoms with Gasteiger partial charge in [-0.2, -0.15) is 0 Å². The van der Waals surface area contributed by atoms with Gasteiger partial charge in [0.1, 0.15) is 18.1 Å². The van der Waals surface area contributed by atoms with E-state index in [0.717, 1.165) is 25.1 Å². The summed E-state index contributed by atoms with van der Waals surface area (Å²) in [4.78, 5) is 14.1. The second kappa shape index (κ2) is 9.06. The number of hydrogen-bond donors (Lipinski definition) is 0. The standard InChI is InChI=1S/C18H23NO4/c1-3-11-22-13-15-5-4-10-19(12-15)18(20)14-23-17-8-6-16(21-2)7-9-17/h1,6-9,15H,4-5,10-14H2,2H3. The number of piperidine rings is 1. The Bertz CT molecular complexity index is 535. The third-order valence-electron chi connectivity index (χ3n) is 3.83. The van der Waals surface area contributed by atoms with Crippen LogP contribution in [0.15, 0.2) is 24.3 Å². The monoisotopic (exact) mass is 317 g/mol. The maximum absolute atomic E-state index is 12.3. The number of terminal acetylenes is 1. The van der Waals surface area contributed by atoms with E-state index in [4.69, 9.17) is 20.6 Å². The summed E-state index contributed by atoms with van der Waals surface area (Å²) < 4.78 is 16.0. The predicted octanol–water partition coefficient (Wildman–Crippen LogP) is 1.96. The van der Waals surface area contributed by atoms with Gasteiger partial charge in [-0.15, -0.1) is 6.42 Å². The van der Waals surface area contributed by atoms with Crippen molar-refractivity contribution in [1.29, 1.82) is 0 Å². The van der Waals surface area contributed by atoms with Crippen LogP contribution in [0.4, 0.5) is 0 Å². The van der Waals surface area contributed by atoms with Crippen LogP contribution in [0.1, 0.15) is 12.8 Å². The van der Waals surface area contributed by atoms with Crippen LogP contribution in [0.2, 0.25) is 0 Å². The molecule has 1 unspecified atom stereocenters. The zero-order valence-corrected chi connectivity index (χ0v) is 13.5. The SMILES string of the molecule is C#CCOCC1CCCN(C(=O)COc2ccc(OC)cc2)C1. The molecule has 1 fully saturated rings. The highest BCUT2D eigenvalue weighted by atomic mass is 16.5. The molecule has 1 amide bonds. The number of methoxy groups -OCH3 is 1. The summed E-state index contributed by atoms with van der Waals surface area (Å²) in [5.41, 5.74) is 0. The van der Waals surface area contributed by atoms with E-state index in [1.807, 2.05) is 4.90 Å². The Labute approximate surface area is 137 Å². The number of carbonyl (C=O) groups is 1. The molecule has 2 rings (SSSR count). The van der Waals surface area contributed by atoms with Gasteiger partial charge in [0.25, 0.3) is 5.91 Å². The van der Waals surface area contributed by atoms with Crippen molar-refractivity contribution in [3.05, 3.63) is 24.3 Å². The molecule has 0 aromatic heterocycles. The van der Waals surface area contributed by atoms with Crippen LogP contribution < -0.4 is 9.47 Å². The van der Waals surface area contributed by atoms with Gasteiger partial charge in [-0.25, -0.2) is 0 Å². The highest BCUT2D eigenvalue weighted by molar-refractivity contribution is 5.77. The number of likely N-dealkylation sites (tertiary alicyclic amines) is 1. The van der Waals surface area contributed by atoms with Crippen molar-refractivity contribution in [3.8, 4) is 23.8 Å². The highest BCUT2D eigenvalue weighted by Gasteiger charge is 2.23. The molecule has 5 nitrogen and oxygen atoms in total. The Balaban J connectivity index is 1.76. The van der Waals surface area contributed by atoms with Gasteiger partial charge < -0.3 is 19.1 Å². The third-order valence-corrected chi connectivity index (χ3v) is 3.83. The summed E-state index contributed by atoms with van der Waals surface area (Å²) in [5.74, 6) is 4.22. The number of nitrogens with zero attached hydrogens (tertiary/aromatic N) is 1. The zero-order chi connectivity index (χ0) is 16.5. The van der Waals surface area contributed by atoms with Crippen molar-refractivity contribution in [1.82, 2.24) is 4.90 Å². The lowest BCUT2D eigenvalue weighted by molar-refractivity contribution is -0.135. The molecule has 1 aliphatic rings. The second-order valence-electron chi connectivity index (χ2n) is 5.53. The first-order valence-corrected chi connectivity index (χ1v) is 7.78. The van der Waals surface area contributed by atoms with Crippen LogP contribution in [-0.2, 0) is 9.53 Å². The van der Waals surface area contributed by atoms with Crippen LogP contribution in [0.25, 0.3) is 0 Å². The van der Waals surface area contributed by atoms with Gasteiger partial charge in [0, 0.05) is 13.1 Å². The van der Waals surface area contributed by atoms with Gasteiger partial charge in [-0.3, -0.25) is 4.79 Å². The first-order valence-electron chi connectivity index (χ1n) is 7.78. The molecule has 5 heteroatoms. The largest absolute Gasteiger partial charge is 0.497 e. The van der Waals surface area contributed by atoms with E-state index in [-0.39, 0.29) is 12.5 Å². The molecular formula is C18H23NO4. The van der Waals surface area contributed by atoms with Crippen LogP contribution in [0.3, 0.4) is 0 Å². The fourth-order valence-corrected chi connectivity index (χ4v) is 2.62. The molecule has 0 aliphatic carbocycles. The van der Waals surface area contributed by atoms with Crippen molar-refractivity contribution in [2.45, 2.75) is 12.8 Å². The quantitative estimate of drug-likeness (QED) is 0.570. The number of carbonyl (C=O) groups excluding carboxylic acids is 1. The minimum absolute atomic E-state index is 0.00229. The van der Waals surface area contributed by atoms with Crippen molar-refractivity contribution in [2.75, 3.05) is 40.0 Å². The maximum atomic E-state index is 12.3. The van der Waals surface area contributed by atoms with E-state index in [0.29, 0.717) is 31.4 Å². The Morgan fingerprint density at radius 3 is 2.78 bits per heavy atom. The highest BCUT2D eigenvalue weighted by Crippen LogP contribution is 2.19. The van der Waals surface area contributed by atoms with E-state index >= 15 is 0 Å². The topological polar surface area (TPSA) is 48.0 Å². The molecule has 1 atom stereocenters. The summed E-state index contributed by atoms with van der Waals surface area (Å²) in [6.07, 6.45) is 7.22. The van der Waals surface area contributed by atoms with Crippen molar-refractivity contribution >= 4 is 5.91 Å². The molecular weight excluding hydrogens is 294 g/mol. The molecule has 0 bridgehead atoms. The van der Waals surface area contributed by atoms with Crippen LogP contribution in [-0.4, -0.2) is 50.8 Å². The summed E-state index contributed by atoms with van der Waals surface area (Å²) in [6, 6.07) is 7.19. The number of benzene rings is 1. The third kappa shape index (κ3) is 5.50. The molecule has 0 radical (unpaired) electrons. The van der Waals surface area contributed by atoms with Crippen molar-refractivity contribution < 1.29 is 19.0 Å². The van der Waals surface area contributed by atoms with Crippen LogP contribution in [0.5, 0.6) is 11.5 Å². The number of amides is 1. The maximum Gasteiger partial charge on any atom is 0.260 e. The number of ether oxygens (including phenoxy) is 3. The van der Waals surface area contributed by atoms with Gasteiger partial charge in [-0.05, 0) is 43.0 Å². The molecule has 0 saturated carbocycles. The zero-order valence-electron chi connectivity index (χ0n) is 13.5. The number of rotatable bonds is 7. The van der Waals surface area contributed by atoms with Crippen LogP contribution in [0, 0.1) is 18.3 Å². The van der Waals surface area contributed by atoms with Gasteiger partial charge in [-0.1, -0.05) is 5.92 Å². The number of hydrogen-bond acceptors (Lipinski definition) is 4. The van der Waals surface area contributed by atoms with E-state index in [1.165, 1.54) is 0 Å². The van der Waals surface area contributed by atoms with Crippen molar-refractivity contribution in [2.24, 2.45) is 5.92 Å².